The highest BCUT2D eigenvalue weighted by atomic mass is 16.1. The van der Waals surface area contributed by atoms with Crippen molar-refractivity contribution in [2.24, 2.45) is 5.92 Å². The van der Waals surface area contributed by atoms with Crippen LogP contribution in [0.3, 0.4) is 0 Å². The summed E-state index contributed by atoms with van der Waals surface area (Å²) in [6.07, 6.45) is 1.34. The summed E-state index contributed by atoms with van der Waals surface area (Å²) in [6, 6.07) is 10.4. The second kappa shape index (κ2) is 7.18. The topological polar surface area (TPSA) is 90.7 Å². The lowest BCUT2D eigenvalue weighted by molar-refractivity contribution is 0.102. The van der Waals surface area contributed by atoms with E-state index in [0.29, 0.717) is 23.0 Å². The molecule has 2 rings (SSSR count). The summed E-state index contributed by atoms with van der Waals surface area (Å²) in [4.78, 5) is 20.3. The van der Waals surface area contributed by atoms with Gasteiger partial charge in [0, 0.05) is 12.6 Å². The van der Waals surface area contributed by atoms with Gasteiger partial charge in [0.15, 0.2) is 0 Å². The van der Waals surface area contributed by atoms with Crippen LogP contribution in [0.15, 0.2) is 36.7 Å². The zero-order valence-corrected chi connectivity index (χ0v) is 12.5. The molecule has 0 aliphatic carbocycles. The van der Waals surface area contributed by atoms with Gasteiger partial charge in [-0.1, -0.05) is 26.0 Å². The lowest BCUT2D eigenvalue weighted by Gasteiger charge is -2.09. The van der Waals surface area contributed by atoms with E-state index in [-0.39, 0.29) is 11.6 Å². The van der Waals surface area contributed by atoms with E-state index in [2.05, 4.69) is 34.4 Å². The first-order chi connectivity index (χ1) is 10.6. The van der Waals surface area contributed by atoms with Crippen molar-refractivity contribution in [3.8, 4) is 6.07 Å². The molecule has 0 spiro atoms. The average Bonchev–Trinajstić information content (AvgIpc) is 2.53. The van der Waals surface area contributed by atoms with Gasteiger partial charge in [-0.3, -0.25) is 4.79 Å². The number of amides is 1. The minimum Gasteiger partial charge on any atom is -0.370 e. The van der Waals surface area contributed by atoms with Crippen molar-refractivity contribution in [3.63, 3.8) is 0 Å². The first-order valence-corrected chi connectivity index (χ1v) is 6.96. The number of nitriles is 1. The van der Waals surface area contributed by atoms with Gasteiger partial charge in [-0.15, -0.1) is 0 Å². The summed E-state index contributed by atoms with van der Waals surface area (Å²) in [5, 5.41) is 14.9. The van der Waals surface area contributed by atoms with Gasteiger partial charge in [0.05, 0.1) is 11.3 Å². The van der Waals surface area contributed by atoms with Crippen LogP contribution in [0.25, 0.3) is 0 Å². The fourth-order valence-electron chi connectivity index (χ4n) is 1.76. The van der Waals surface area contributed by atoms with Crippen LogP contribution in [-0.2, 0) is 0 Å². The van der Waals surface area contributed by atoms with Gasteiger partial charge < -0.3 is 10.6 Å². The first-order valence-electron chi connectivity index (χ1n) is 6.96. The average molecular weight is 295 g/mol. The fraction of sp³-hybridized carbons (Fsp3) is 0.250. The third kappa shape index (κ3) is 4.03. The van der Waals surface area contributed by atoms with Crippen LogP contribution in [0, 0.1) is 17.2 Å². The summed E-state index contributed by atoms with van der Waals surface area (Å²) in [7, 11) is 0. The number of anilines is 2. The standard InChI is InChI=1S/C16H17N5O/c1-11(2)9-18-15-7-14(19-10-20-15)16(22)21-13-6-4-3-5-12(13)8-17/h3-7,10-11H,9H2,1-2H3,(H,21,22)(H,18,19,20). The molecule has 22 heavy (non-hydrogen) atoms. The molecule has 0 saturated heterocycles. The van der Waals surface area contributed by atoms with E-state index in [4.69, 9.17) is 5.26 Å². The van der Waals surface area contributed by atoms with E-state index < -0.39 is 0 Å². The Hall–Kier alpha value is -2.94. The summed E-state index contributed by atoms with van der Waals surface area (Å²) in [5.41, 5.74) is 1.11. The molecule has 2 aromatic rings. The highest BCUT2D eigenvalue weighted by Crippen LogP contribution is 2.15. The Kier molecular flexibility index (Phi) is 5.04. The van der Waals surface area contributed by atoms with Crippen molar-refractivity contribution in [2.75, 3.05) is 17.2 Å². The molecule has 0 bridgehead atoms. The highest BCUT2D eigenvalue weighted by Gasteiger charge is 2.11. The third-order valence-electron chi connectivity index (χ3n) is 2.89. The third-order valence-corrected chi connectivity index (χ3v) is 2.89. The van der Waals surface area contributed by atoms with Crippen molar-refractivity contribution in [2.45, 2.75) is 13.8 Å². The fourth-order valence-corrected chi connectivity index (χ4v) is 1.76. The molecule has 6 heteroatoms. The Bertz CT molecular complexity index is 706. The summed E-state index contributed by atoms with van der Waals surface area (Å²) >= 11 is 0. The number of para-hydroxylation sites is 1. The molecule has 1 aromatic heterocycles. The molecule has 1 heterocycles. The van der Waals surface area contributed by atoms with Crippen LogP contribution in [0.5, 0.6) is 0 Å². The lowest BCUT2D eigenvalue weighted by Crippen LogP contribution is -2.16. The summed E-state index contributed by atoms with van der Waals surface area (Å²) in [6.45, 7) is 4.93. The van der Waals surface area contributed by atoms with Crippen molar-refractivity contribution in [1.29, 1.82) is 5.26 Å². The van der Waals surface area contributed by atoms with E-state index >= 15 is 0 Å². The number of benzene rings is 1. The zero-order valence-electron chi connectivity index (χ0n) is 12.5. The van der Waals surface area contributed by atoms with E-state index in [1.807, 2.05) is 6.07 Å². The molecular formula is C16H17N5O. The van der Waals surface area contributed by atoms with Crippen molar-refractivity contribution >= 4 is 17.4 Å². The van der Waals surface area contributed by atoms with Gasteiger partial charge in [-0.25, -0.2) is 9.97 Å². The van der Waals surface area contributed by atoms with E-state index in [1.54, 1.807) is 30.3 Å². The molecule has 112 valence electrons. The predicted molar refractivity (Wildman–Crippen MR) is 84.5 cm³/mol. The molecule has 0 saturated carbocycles. The number of nitrogens with one attached hydrogen (secondary N) is 2. The Morgan fingerprint density at radius 2 is 2.09 bits per heavy atom. The Labute approximate surface area is 129 Å². The minimum atomic E-state index is -0.377. The molecule has 0 radical (unpaired) electrons. The second-order valence-electron chi connectivity index (χ2n) is 5.17. The van der Waals surface area contributed by atoms with E-state index in [9.17, 15) is 4.79 Å². The van der Waals surface area contributed by atoms with Crippen LogP contribution in [0.4, 0.5) is 11.5 Å². The van der Waals surface area contributed by atoms with Gasteiger partial charge in [-0.2, -0.15) is 5.26 Å². The smallest absolute Gasteiger partial charge is 0.274 e. The first kappa shape index (κ1) is 15.4. The number of carbonyl (C=O) groups is 1. The maximum Gasteiger partial charge on any atom is 0.274 e. The van der Waals surface area contributed by atoms with Gasteiger partial charge in [0.1, 0.15) is 23.9 Å². The van der Waals surface area contributed by atoms with Crippen molar-refractivity contribution < 1.29 is 4.79 Å². The molecule has 1 amide bonds. The van der Waals surface area contributed by atoms with Crippen molar-refractivity contribution in [3.05, 3.63) is 47.9 Å². The molecule has 0 aliphatic rings. The molecular weight excluding hydrogens is 278 g/mol. The largest absolute Gasteiger partial charge is 0.370 e. The molecule has 0 fully saturated rings. The molecule has 1 aromatic carbocycles. The van der Waals surface area contributed by atoms with Gasteiger partial charge in [0.25, 0.3) is 5.91 Å². The number of hydrogen-bond acceptors (Lipinski definition) is 5. The van der Waals surface area contributed by atoms with Gasteiger partial charge in [-0.05, 0) is 18.1 Å². The van der Waals surface area contributed by atoms with Crippen LogP contribution in [0.2, 0.25) is 0 Å². The zero-order chi connectivity index (χ0) is 15.9. The normalized spacial score (nSPS) is 10.1. The van der Waals surface area contributed by atoms with Crippen LogP contribution in [-0.4, -0.2) is 22.4 Å². The van der Waals surface area contributed by atoms with Crippen LogP contribution in [0.1, 0.15) is 29.9 Å². The van der Waals surface area contributed by atoms with Crippen LogP contribution >= 0.6 is 0 Å². The Balaban J connectivity index is 2.13. The second-order valence-corrected chi connectivity index (χ2v) is 5.17. The van der Waals surface area contributed by atoms with Crippen LogP contribution < -0.4 is 10.6 Å². The molecule has 6 nitrogen and oxygen atoms in total. The number of hydrogen-bond donors (Lipinski definition) is 2. The monoisotopic (exact) mass is 295 g/mol. The van der Waals surface area contributed by atoms with Gasteiger partial charge >= 0.3 is 0 Å². The number of rotatable bonds is 5. The maximum atomic E-state index is 12.2. The highest BCUT2D eigenvalue weighted by molar-refractivity contribution is 6.03. The maximum absolute atomic E-state index is 12.2. The van der Waals surface area contributed by atoms with E-state index in [0.717, 1.165) is 6.54 Å². The predicted octanol–water partition coefficient (Wildman–Crippen LogP) is 2.67. The minimum absolute atomic E-state index is 0.244. The Morgan fingerprint density at radius 1 is 1.32 bits per heavy atom. The Morgan fingerprint density at radius 3 is 2.82 bits per heavy atom. The molecule has 0 unspecified atom stereocenters. The summed E-state index contributed by atoms with van der Waals surface area (Å²) < 4.78 is 0. The summed E-state index contributed by atoms with van der Waals surface area (Å²) in [5.74, 6) is 0.690. The number of aromatic nitrogens is 2. The number of nitrogens with zero attached hydrogens (tertiary/aromatic N) is 3. The SMILES string of the molecule is CC(C)CNc1cc(C(=O)Nc2ccccc2C#N)ncn1. The lowest BCUT2D eigenvalue weighted by atomic mass is 10.2. The van der Waals surface area contributed by atoms with Crippen molar-refractivity contribution in [1.82, 2.24) is 9.97 Å². The molecule has 0 atom stereocenters. The quantitative estimate of drug-likeness (QED) is 0.885. The van der Waals surface area contributed by atoms with E-state index in [1.165, 1.54) is 6.33 Å². The number of carbonyl (C=O) groups excluding carboxylic acids is 1. The molecule has 0 aliphatic heterocycles. The molecule has 2 N–H and O–H groups in total. The van der Waals surface area contributed by atoms with Gasteiger partial charge in [0.2, 0.25) is 0 Å².